The Labute approximate surface area is 215 Å². The van der Waals surface area contributed by atoms with Crippen molar-refractivity contribution in [3.05, 3.63) is 61.7 Å². The number of carbonyl (C=O) groups is 2. The van der Waals surface area contributed by atoms with Crippen molar-refractivity contribution in [1.82, 2.24) is 15.7 Å². The third-order valence-corrected chi connectivity index (χ3v) is 5.15. The van der Waals surface area contributed by atoms with Crippen molar-refractivity contribution in [3.63, 3.8) is 0 Å². The average Bonchev–Trinajstić information content (AvgIpc) is 2.88. The van der Waals surface area contributed by atoms with Gasteiger partial charge < -0.3 is 19.8 Å². The first-order chi connectivity index (χ1) is 17.5. The van der Waals surface area contributed by atoms with Gasteiger partial charge in [-0.25, -0.2) is 4.39 Å². The second kappa shape index (κ2) is 22.3. The van der Waals surface area contributed by atoms with Crippen LogP contribution < -0.4 is 10.8 Å². The Kier molecular flexibility index (Phi) is 20.3. The maximum atomic E-state index is 12.7. The topological polar surface area (TPSA) is 92.3 Å². The third-order valence-electron chi connectivity index (χ3n) is 5.15. The Morgan fingerprint density at radius 2 is 1.97 bits per heavy atom. The van der Waals surface area contributed by atoms with Crippen LogP contribution in [0.4, 0.5) is 4.39 Å². The SMILES string of the molecule is C=CCCN(C(CCCCC(=O)OC)=NC(C)/C=C/C/C=C(/CNC=O)ONC)C(C=C)C/C=C/F. The molecule has 0 rings (SSSR count). The number of nitrogens with zero attached hydrogens (tertiary/aromatic N) is 2. The van der Waals surface area contributed by atoms with Crippen molar-refractivity contribution >= 4 is 18.2 Å². The zero-order valence-corrected chi connectivity index (χ0v) is 22.0. The number of allylic oxidation sites excluding steroid dienone is 2. The fourth-order valence-electron chi connectivity index (χ4n) is 3.37. The van der Waals surface area contributed by atoms with Crippen LogP contribution in [0, 0.1) is 0 Å². The molecule has 2 N–H and O–H groups in total. The predicted octanol–water partition coefficient (Wildman–Crippen LogP) is 4.54. The molecule has 0 bridgehead atoms. The summed E-state index contributed by atoms with van der Waals surface area (Å²) in [7, 11) is 3.03. The van der Waals surface area contributed by atoms with E-state index in [2.05, 4.69) is 28.9 Å². The Bertz CT molecular complexity index is 765. The van der Waals surface area contributed by atoms with Crippen LogP contribution in [0.1, 0.15) is 51.9 Å². The number of methoxy groups -OCH3 is 1. The third kappa shape index (κ3) is 15.7. The molecule has 0 aliphatic heterocycles. The quantitative estimate of drug-likeness (QED) is 0.0347. The molecule has 0 saturated carbocycles. The first kappa shape index (κ1) is 32.8. The molecule has 202 valence electrons. The van der Waals surface area contributed by atoms with Gasteiger partial charge in [-0.15, -0.1) is 13.2 Å². The van der Waals surface area contributed by atoms with E-state index >= 15 is 0 Å². The Hall–Kier alpha value is -3.20. The van der Waals surface area contributed by atoms with Gasteiger partial charge in [0, 0.05) is 26.4 Å². The number of hydrogen-bond acceptors (Lipinski definition) is 6. The number of amidine groups is 1. The molecule has 0 aromatic heterocycles. The number of halogens is 1. The standard InChI is InChI=1S/C27H43FN4O4/c1-6-8-20-32(24(7-2)15-13-19-28)26(17-11-12-18-27(34)35-5)31-23(3)14-9-10-16-25(36-29-4)21-30-22-33/h6-7,9,13-14,16,19,22-24,29H,1-2,8,10-12,15,17-18,20-21H2,3-5H3,(H,30,33)/b14-9+,19-13+,25-16-,31-26?. The van der Waals surface area contributed by atoms with Crippen LogP contribution in [-0.4, -0.2) is 62.4 Å². The molecular weight excluding hydrogens is 463 g/mol. The lowest BCUT2D eigenvalue weighted by molar-refractivity contribution is -0.140. The summed E-state index contributed by atoms with van der Waals surface area (Å²) < 4.78 is 17.5. The molecule has 0 aliphatic carbocycles. The molecule has 0 radical (unpaired) electrons. The van der Waals surface area contributed by atoms with Gasteiger partial charge in [-0.1, -0.05) is 30.4 Å². The fourth-order valence-corrected chi connectivity index (χ4v) is 3.37. The normalized spacial score (nSPS) is 13.9. The van der Waals surface area contributed by atoms with E-state index in [1.54, 1.807) is 13.1 Å². The van der Waals surface area contributed by atoms with E-state index in [4.69, 9.17) is 14.6 Å². The van der Waals surface area contributed by atoms with Crippen molar-refractivity contribution in [3.8, 4) is 0 Å². The number of unbranched alkanes of at least 4 members (excludes halogenated alkanes) is 1. The second-order valence-electron chi connectivity index (χ2n) is 7.88. The zero-order valence-electron chi connectivity index (χ0n) is 22.0. The van der Waals surface area contributed by atoms with Gasteiger partial charge in [-0.3, -0.25) is 14.6 Å². The molecule has 0 fully saturated rings. The summed E-state index contributed by atoms with van der Waals surface area (Å²) >= 11 is 0. The molecule has 0 spiro atoms. The van der Waals surface area contributed by atoms with Crippen molar-refractivity contribution in [2.45, 2.75) is 64.0 Å². The molecule has 2 unspecified atom stereocenters. The van der Waals surface area contributed by atoms with E-state index < -0.39 is 0 Å². The number of hydroxylamine groups is 1. The molecular formula is C27H43FN4O4. The lowest BCUT2D eigenvalue weighted by Crippen LogP contribution is -2.40. The summed E-state index contributed by atoms with van der Waals surface area (Å²) in [6, 6.07) is -0.244. The maximum Gasteiger partial charge on any atom is 0.305 e. The van der Waals surface area contributed by atoms with Crippen LogP contribution in [0.5, 0.6) is 0 Å². The number of rotatable bonds is 21. The highest BCUT2D eigenvalue weighted by atomic mass is 19.1. The minimum atomic E-state index is -0.233. The molecule has 0 heterocycles. The van der Waals surface area contributed by atoms with Crippen LogP contribution >= 0.6 is 0 Å². The largest absolute Gasteiger partial charge is 0.469 e. The van der Waals surface area contributed by atoms with Crippen molar-refractivity contribution in [1.29, 1.82) is 0 Å². The molecule has 0 saturated heterocycles. The van der Waals surface area contributed by atoms with Gasteiger partial charge in [0.25, 0.3) is 0 Å². The van der Waals surface area contributed by atoms with Crippen LogP contribution in [-0.2, 0) is 19.2 Å². The Balaban J connectivity index is 5.66. The summed E-state index contributed by atoms with van der Waals surface area (Å²) in [6.07, 6.45) is 16.4. The minimum Gasteiger partial charge on any atom is -0.469 e. The molecule has 0 aliphatic rings. The first-order valence-electron chi connectivity index (χ1n) is 12.2. The highest BCUT2D eigenvalue weighted by Gasteiger charge is 2.19. The molecule has 1 amide bonds. The van der Waals surface area contributed by atoms with E-state index in [1.165, 1.54) is 13.2 Å². The zero-order chi connectivity index (χ0) is 27.0. The van der Waals surface area contributed by atoms with E-state index in [9.17, 15) is 14.0 Å². The van der Waals surface area contributed by atoms with Gasteiger partial charge in [0.15, 0.2) is 0 Å². The number of esters is 1. The maximum absolute atomic E-state index is 12.7. The number of ether oxygens (including phenoxy) is 1. The van der Waals surface area contributed by atoms with Crippen LogP contribution in [0.2, 0.25) is 0 Å². The summed E-state index contributed by atoms with van der Waals surface area (Å²) in [5.41, 5.74) is 2.60. The Morgan fingerprint density at radius 1 is 1.22 bits per heavy atom. The molecule has 0 aromatic carbocycles. The van der Waals surface area contributed by atoms with E-state index in [0.717, 1.165) is 18.7 Å². The summed E-state index contributed by atoms with van der Waals surface area (Å²) in [5, 5.41) is 2.57. The average molecular weight is 507 g/mol. The van der Waals surface area contributed by atoms with E-state index in [0.29, 0.717) is 57.1 Å². The molecule has 36 heavy (non-hydrogen) atoms. The Morgan fingerprint density at radius 3 is 2.58 bits per heavy atom. The summed E-state index contributed by atoms with van der Waals surface area (Å²) in [4.78, 5) is 34.4. The number of carbonyl (C=O) groups excluding carboxylic acids is 2. The van der Waals surface area contributed by atoms with Gasteiger partial charge in [0.1, 0.15) is 11.6 Å². The lowest BCUT2D eigenvalue weighted by atomic mass is 10.1. The number of hydrogen-bond donors (Lipinski definition) is 2. The summed E-state index contributed by atoms with van der Waals surface area (Å²) in [6.45, 7) is 10.7. The fraction of sp³-hybridized carbons (Fsp3) is 0.519. The van der Waals surface area contributed by atoms with Gasteiger partial charge >= 0.3 is 5.97 Å². The van der Waals surface area contributed by atoms with E-state index in [-0.39, 0.29) is 24.6 Å². The number of nitrogens with one attached hydrogen (secondary N) is 2. The summed E-state index contributed by atoms with van der Waals surface area (Å²) in [5.74, 6) is 1.24. The lowest BCUT2D eigenvalue weighted by Gasteiger charge is -2.33. The van der Waals surface area contributed by atoms with Gasteiger partial charge in [-0.2, -0.15) is 5.48 Å². The van der Waals surface area contributed by atoms with Crippen LogP contribution in [0.3, 0.4) is 0 Å². The molecule has 0 aromatic rings. The number of aliphatic imine (C=N–C) groups is 1. The number of amides is 1. The van der Waals surface area contributed by atoms with Crippen molar-refractivity contribution in [2.24, 2.45) is 4.99 Å². The van der Waals surface area contributed by atoms with E-state index in [1.807, 2.05) is 31.2 Å². The predicted molar refractivity (Wildman–Crippen MR) is 144 cm³/mol. The minimum absolute atomic E-state index is 0.121. The van der Waals surface area contributed by atoms with Gasteiger partial charge in [0.2, 0.25) is 6.41 Å². The smallest absolute Gasteiger partial charge is 0.305 e. The highest BCUT2D eigenvalue weighted by Crippen LogP contribution is 2.16. The second-order valence-corrected chi connectivity index (χ2v) is 7.88. The molecule has 2 atom stereocenters. The van der Waals surface area contributed by atoms with Crippen molar-refractivity contribution in [2.75, 3.05) is 27.2 Å². The van der Waals surface area contributed by atoms with Crippen molar-refractivity contribution < 1.29 is 23.6 Å². The van der Waals surface area contributed by atoms with Crippen LogP contribution in [0.15, 0.2) is 66.7 Å². The monoisotopic (exact) mass is 506 g/mol. The van der Waals surface area contributed by atoms with Gasteiger partial charge in [0.05, 0.1) is 32.1 Å². The first-order valence-corrected chi connectivity index (χ1v) is 12.2. The van der Waals surface area contributed by atoms with Crippen LogP contribution in [0.25, 0.3) is 0 Å². The van der Waals surface area contributed by atoms with Gasteiger partial charge in [-0.05, 0) is 45.1 Å². The molecule has 8 nitrogen and oxygen atoms in total. The molecule has 9 heteroatoms. The highest BCUT2D eigenvalue weighted by molar-refractivity contribution is 5.83.